The van der Waals surface area contributed by atoms with Gasteiger partial charge in [0, 0.05) is 5.56 Å². The summed E-state index contributed by atoms with van der Waals surface area (Å²) in [6.07, 6.45) is 1.72. The van der Waals surface area contributed by atoms with Crippen molar-refractivity contribution < 1.29 is 4.74 Å². The van der Waals surface area contributed by atoms with Crippen molar-refractivity contribution in [1.29, 1.82) is 0 Å². The van der Waals surface area contributed by atoms with Crippen LogP contribution in [0.1, 0.15) is 0 Å². The largest absolute Gasteiger partial charge is 0.457 e. The monoisotopic (exact) mass is 402 g/mol. The molecule has 2 heterocycles. The summed E-state index contributed by atoms with van der Waals surface area (Å²) in [6, 6.07) is 30.2. The Hall–Kier alpha value is -4.38. The highest BCUT2D eigenvalue weighted by molar-refractivity contribution is 5.87. The second-order valence-electron chi connectivity index (χ2n) is 7.39. The maximum Gasteiger partial charge on any atom is 0.138 e. The third-order valence-corrected chi connectivity index (χ3v) is 5.34. The Labute approximate surface area is 178 Å². The van der Waals surface area contributed by atoms with E-state index in [1.165, 1.54) is 0 Å². The third-order valence-electron chi connectivity index (χ3n) is 5.34. The van der Waals surface area contributed by atoms with Crippen molar-refractivity contribution in [3.63, 3.8) is 0 Å². The number of aromatic amines is 2. The minimum Gasteiger partial charge on any atom is -0.457 e. The number of nitrogens with zero attached hydrogens (tertiary/aromatic N) is 2. The Morgan fingerprint density at radius 3 is 2.10 bits per heavy atom. The molecule has 0 bridgehead atoms. The first-order valence-electron chi connectivity index (χ1n) is 10.1. The molecule has 5 nitrogen and oxygen atoms in total. The summed E-state index contributed by atoms with van der Waals surface area (Å²) in [7, 11) is 0. The van der Waals surface area contributed by atoms with E-state index < -0.39 is 0 Å². The van der Waals surface area contributed by atoms with E-state index in [-0.39, 0.29) is 0 Å². The second kappa shape index (κ2) is 7.15. The van der Waals surface area contributed by atoms with Crippen molar-refractivity contribution in [3.05, 3.63) is 97.3 Å². The van der Waals surface area contributed by atoms with Crippen LogP contribution in [0.4, 0.5) is 0 Å². The van der Waals surface area contributed by atoms with Gasteiger partial charge in [0.05, 0.1) is 28.4 Å². The molecule has 31 heavy (non-hydrogen) atoms. The maximum atomic E-state index is 5.88. The van der Waals surface area contributed by atoms with Gasteiger partial charge in [0.25, 0.3) is 0 Å². The number of imidazole rings is 2. The van der Waals surface area contributed by atoms with Gasteiger partial charge < -0.3 is 14.7 Å². The van der Waals surface area contributed by atoms with Gasteiger partial charge >= 0.3 is 0 Å². The zero-order chi connectivity index (χ0) is 20.6. The van der Waals surface area contributed by atoms with Crippen LogP contribution in [0.2, 0.25) is 0 Å². The summed E-state index contributed by atoms with van der Waals surface area (Å²) < 4.78 is 5.88. The van der Waals surface area contributed by atoms with Gasteiger partial charge in [-0.1, -0.05) is 30.3 Å². The zero-order valence-corrected chi connectivity index (χ0v) is 16.5. The van der Waals surface area contributed by atoms with Crippen LogP contribution in [0.15, 0.2) is 97.3 Å². The maximum absolute atomic E-state index is 5.88. The fourth-order valence-electron chi connectivity index (χ4n) is 3.75. The molecule has 148 valence electrons. The molecule has 0 unspecified atom stereocenters. The number of ether oxygens (including phenoxy) is 1. The molecule has 4 aromatic carbocycles. The molecule has 2 aromatic heterocycles. The summed E-state index contributed by atoms with van der Waals surface area (Å²) in [5, 5.41) is 0. The lowest BCUT2D eigenvalue weighted by atomic mass is 10.0. The van der Waals surface area contributed by atoms with E-state index in [4.69, 9.17) is 9.72 Å². The van der Waals surface area contributed by atoms with Crippen LogP contribution in [0.5, 0.6) is 11.5 Å². The molecule has 6 rings (SSSR count). The van der Waals surface area contributed by atoms with E-state index in [0.29, 0.717) is 0 Å². The van der Waals surface area contributed by atoms with Crippen LogP contribution in [0.25, 0.3) is 44.6 Å². The zero-order valence-electron chi connectivity index (χ0n) is 16.5. The molecule has 0 aliphatic rings. The van der Waals surface area contributed by atoms with Gasteiger partial charge in [-0.05, 0) is 71.8 Å². The van der Waals surface area contributed by atoms with Crippen LogP contribution < -0.4 is 4.74 Å². The van der Waals surface area contributed by atoms with E-state index in [1.807, 2.05) is 60.7 Å². The van der Waals surface area contributed by atoms with E-state index >= 15 is 0 Å². The van der Waals surface area contributed by atoms with Crippen molar-refractivity contribution in [2.45, 2.75) is 0 Å². The van der Waals surface area contributed by atoms with Crippen LogP contribution >= 0.6 is 0 Å². The predicted molar refractivity (Wildman–Crippen MR) is 123 cm³/mol. The Balaban J connectivity index is 1.30. The summed E-state index contributed by atoms with van der Waals surface area (Å²) in [4.78, 5) is 15.7. The topological polar surface area (TPSA) is 66.6 Å². The number of rotatable bonds is 4. The van der Waals surface area contributed by atoms with Crippen LogP contribution in [0, 0.1) is 0 Å². The first-order valence-corrected chi connectivity index (χ1v) is 10.1. The number of nitrogens with one attached hydrogen (secondary N) is 2. The van der Waals surface area contributed by atoms with Gasteiger partial charge in [-0.25, -0.2) is 9.97 Å². The Bertz CT molecular complexity index is 1500. The minimum atomic E-state index is 0.794. The molecule has 0 atom stereocenters. The highest BCUT2D eigenvalue weighted by Crippen LogP contribution is 2.29. The molecule has 5 heteroatoms. The molecule has 0 saturated heterocycles. The standard InChI is InChI=1S/C26H18N4O/c1-2-4-20(5-3-1)31-21-10-6-17(7-11-21)26-29-23-13-9-19(15-25(23)30-26)18-8-12-22-24(14-18)28-16-27-22/h1-16H,(H,27,28)(H,29,30). The molecule has 0 spiro atoms. The molecular formula is C26H18N4O. The van der Waals surface area contributed by atoms with Crippen molar-refractivity contribution in [1.82, 2.24) is 19.9 Å². The average molecular weight is 402 g/mol. The van der Waals surface area contributed by atoms with Gasteiger partial charge in [-0.2, -0.15) is 0 Å². The van der Waals surface area contributed by atoms with Crippen molar-refractivity contribution in [2.24, 2.45) is 0 Å². The summed E-state index contributed by atoms with van der Waals surface area (Å²) in [5.74, 6) is 2.45. The number of H-pyrrole nitrogens is 2. The number of fused-ring (bicyclic) bond motifs is 2. The lowest BCUT2D eigenvalue weighted by molar-refractivity contribution is 0.483. The minimum absolute atomic E-state index is 0.794. The average Bonchev–Trinajstić information content (AvgIpc) is 3.46. The molecule has 0 fully saturated rings. The molecule has 0 aliphatic carbocycles. The third kappa shape index (κ3) is 3.32. The first kappa shape index (κ1) is 17.5. The van der Waals surface area contributed by atoms with Crippen LogP contribution in [-0.2, 0) is 0 Å². The number of aromatic nitrogens is 4. The smallest absolute Gasteiger partial charge is 0.138 e. The van der Waals surface area contributed by atoms with Gasteiger partial charge in [-0.3, -0.25) is 0 Å². The SMILES string of the molecule is c1ccc(Oc2ccc(-c3nc4ccc(-c5ccc6nc[nH]c6c5)cc4[nH]3)cc2)cc1. The molecule has 0 radical (unpaired) electrons. The summed E-state index contributed by atoms with van der Waals surface area (Å²) >= 11 is 0. The molecule has 6 aromatic rings. The summed E-state index contributed by atoms with van der Waals surface area (Å²) in [6.45, 7) is 0. The Kier molecular flexibility index (Phi) is 4.03. The van der Waals surface area contributed by atoms with Crippen LogP contribution in [-0.4, -0.2) is 19.9 Å². The van der Waals surface area contributed by atoms with E-state index in [9.17, 15) is 0 Å². The highest BCUT2D eigenvalue weighted by atomic mass is 16.5. The van der Waals surface area contributed by atoms with Gasteiger partial charge in [-0.15, -0.1) is 0 Å². The predicted octanol–water partition coefficient (Wildman–Crippen LogP) is 6.57. The Morgan fingerprint density at radius 2 is 1.29 bits per heavy atom. The van der Waals surface area contributed by atoms with Gasteiger partial charge in [0.15, 0.2) is 0 Å². The van der Waals surface area contributed by atoms with Crippen LogP contribution in [0.3, 0.4) is 0 Å². The lowest BCUT2D eigenvalue weighted by Crippen LogP contribution is -1.84. The highest BCUT2D eigenvalue weighted by Gasteiger charge is 2.08. The second-order valence-corrected chi connectivity index (χ2v) is 7.39. The van der Waals surface area contributed by atoms with Crippen molar-refractivity contribution in [2.75, 3.05) is 0 Å². The number of para-hydroxylation sites is 1. The summed E-state index contributed by atoms with van der Waals surface area (Å²) in [5.41, 5.74) is 7.21. The van der Waals surface area contributed by atoms with E-state index in [0.717, 1.165) is 56.1 Å². The fourth-order valence-corrected chi connectivity index (χ4v) is 3.75. The normalized spacial score (nSPS) is 11.2. The van der Waals surface area contributed by atoms with Crippen molar-refractivity contribution in [3.8, 4) is 34.0 Å². The first-order chi connectivity index (χ1) is 15.3. The van der Waals surface area contributed by atoms with Gasteiger partial charge in [0.1, 0.15) is 17.3 Å². The molecule has 2 N–H and O–H groups in total. The fraction of sp³-hybridized carbons (Fsp3) is 0. The van der Waals surface area contributed by atoms with Gasteiger partial charge in [0.2, 0.25) is 0 Å². The van der Waals surface area contributed by atoms with E-state index in [2.05, 4.69) is 45.3 Å². The molecule has 0 amide bonds. The number of hydrogen-bond acceptors (Lipinski definition) is 3. The molecule has 0 aliphatic heterocycles. The quantitative estimate of drug-likeness (QED) is 0.351. The Morgan fingerprint density at radius 1 is 0.613 bits per heavy atom. The molecule has 0 saturated carbocycles. The van der Waals surface area contributed by atoms with Crippen molar-refractivity contribution >= 4 is 22.1 Å². The molecular weight excluding hydrogens is 384 g/mol. The number of hydrogen-bond donors (Lipinski definition) is 2. The van der Waals surface area contributed by atoms with E-state index in [1.54, 1.807) is 6.33 Å². The number of benzene rings is 4. The lowest BCUT2D eigenvalue weighted by Gasteiger charge is -2.05.